The Bertz CT molecular complexity index is 530. The Morgan fingerprint density at radius 3 is 2.79 bits per heavy atom. The van der Waals surface area contributed by atoms with E-state index >= 15 is 0 Å². The van der Waals surface area contributed by atoms with Crippen molar-refractivity contribution in [2.75, 3.05) is 13.6 Å². The van der Waals surface area contributed by atoms with Crippen molar-refractivity contribution in [3.05, 3.63) is 29.1 Å². The van der Waals surface area contributed by atoms with Crippen molar-refractivity contribution < 1.29 is 9.90 Å². The number of rotatable bonds is 3. The third-order valence-corrected chi connectivity index (χ3v) is 3.51. The first-order valence-corrected chi connectivity index (χ1v) is 6.32. The van der Waals surface area contributed by atoms with Gasteiger partial charge in [-0.25, -0.2) is 4.98 Å². The van der Waals surface area contributed by atoms with Gasteiger partial charge in [-0.2, -0.15) is 5.26 Å². The third-order valence-electron chi connectivity index (χ3n) is 3.51. The first-order chi connectivity index (χ1) is 9.01. The summed E-state index contributed by atoms with van der Waals surface area (Å²) in [6.45, 7) is 2.36. The maximum atomic E-state index is 12.2. The van der Waals surface area contributed by atoms with E-state index in [1.807, 2.05) is 6.07 Å². The lowest BCUT2D eigenvalue weighted by Crippen LogP contribution is -2.39. The predicted octanol–water partition coefficient (Wildman–Crippen LogP) is 1.10. The number of aryl methyl sites for hydroxylation is 1. The lowest BCUT2D eigenvalue weighted by molar-refractivity contribution is 0.0264. The summed E-state index contributed by atoms with van der Waals surface area (Å²) in [6.07, 6.45) is 1.32. The summed E-state index contributed by atoms with van der Waals surface area (Å²) in [5.74, 6) is 0.234. The van der Waals surface area contributed by atoms with Crippen LogP contribution in [0.1, 0.15) is 34.6 Å². The van der Waals surface area contributed by atoms with Gasteiger partial charge in [-0.15, -0.1) is 0 Å². The highest BCUT2D eigenvalue weighted by Crippen LogP contribution is 2.27. The van der Waals surface area contributed by atoms with Gasteiger partial charge in [-0.3, -0.25) is 4.79 Å². The van der Waals surface area contributed by atoms with Crippen molar-refractivity contribution in [1.82, 2.24) is 9.88 Å². The van der Waals surface area contributed by atoms with E-state index in [0.717, 1.165) is 12.8 Å². The Kier molecular flexibility index (Phi) is 3.82. The topological polar surface area (TPSA) is 77.2 Å². The number of aliphatic hydroxyl groups excluding tert-OH is 1. The molecule has 1 aliphatic carbocycles. The van der Waals surface area contributed by atoms with E-state index in [1.54, 1.807) is 31.0 Å². The zero-order chi connectivity index (χ0) is 14.0. The smallest absolute Gasteiger partial charge is 0.272 e. The Hall–Kier alpha value is -1.93. The highest BCUT2D eigenvalue weighted by Gasteiger charge is 2.29. The molecule has 1 N–H and O–H groups in total. The molecular formula is C14H17N3O2. The normalized spacial score (nSPS) is 21.4. The van der Waals surface area contributed by atoms with Crippen LogP contribution in [0.4, 0.5) is 0 Å². The first-order valence-electron chi connectivity index (χ1n) is 6.32. The van der Waals surface area contributed by atoms with E-state index in [9.17, 15) is 9.90 Å². The predicted molar refractivity (Wildman–Crippen MR) is 69.4 cm³/mol. The SMILES string of the molecule is Cc1nc(C(=O)N(C)CC2CC(O)C2)ccc1C#N. The van der Waals surface area contributed by atoms with Crippen LogP contribution in [0.2, 0.25) is 0 Å². The molecule has 1 aromatic heterocycles. The molecule has 0 aromatic carbocycles. The molecule has 0 atom stereocenters. The second-order valence-electron chi connectivity index (χ2n) is 5.12. The van der Waals surface area contributed by atoms with Crippen LogP contribution in [0.5, 0.6) is 0 Å². The van der Waals surface area contributed by atoms with E-state index in [1.165, 1.54) is 0 Å². The molecule has 1 saturated carbocycles. The second-order valence-corrected chi connectivity index (χ2v) is 5.12. The minimum atomic E-state index is -0.205. The van der Waals surface area contributed by atoms with Gasteiger partial charge in [-0.1, -0.05) is 0 Å². The van der Waals surface area contributed by atoms with Crippen LogP contribution in [0.3, 0.4) is 0 Å². The Morgan fingerprint density at radius 1 is 1.58 bits per heavy atom. The van der Waals surface area contributed by atoms with Crippen LogP contribution >= 0.6 is 0 Å². The zero-order valence-corrected chi connectivity index (χ0v) is 11.1. The van der Waals surface area contributed by atoms with Crippen LogP contribution in [-0.2, 0) is 0 Å². The average Bonchev–Trinajstić information content (AvgIpc) is 2.35. The molecule has 1 heterocycles. The maximum absolute atomic E-state index is 12.2. The molecule has 1 aliphatic rings. The number of nitrogens with zero attached hydrogens (tertiary/aromatic N) is 3. The van der Waals surface area contributed by atoms with E-state index in [4.69, 9.17) is 5.26 Å². The highest BCUT2D eigenvalue weighted by atomic mass is 16.3. The summed E-state index contributed by atoms with van der Waals surface area (Å²) in [5, 5.41) is 18.1. The van der Waals surface area contributed by atoms with Crippen molar-refractivity contribution in [2.24, 2.45) is 5.92 Å². The Morgan fingerprint density at radius 2 is 2.26 bits per heavy atom. The maximum Gasteiger partial charge on any atom is 0.272 e. The molecule has 0 bridgehead atoms. The molecule has 0 spiro atoms. The van der Waals surface area contributed by atoms with Crippen molar-refractivity contribution in [1.29, 1.82) is 5.26 Å². The van der Waals surface area contributed by atoms with E-state index in [-0.39, 0.29) is 12.0 Å². The van der Waals surface area contributed by atoms with Gasteiger partial charge in [0.15, 0.2) is 0 Å². The number of carbonyl (C=O) groups excluding carboxylic acids is 1. The minimum Gasteiger partial charge on any atom is -0.393 e. The molecule has 5 nitrogen and oxygen atoms in total. The van der Waals surface area contributed by atoms with Crippen LogP contribution in [0, 0.1) is 24.2 Å². The molecule has 0 unspecified atom stereocenters. The van der Waals surface area contributed by atoms with E-state index < -0.39 is 0 Å². The molecule has 100 valence electrons. The summed E-state index contributed by atoms with van der Waals surface area (Å²) < 4.78 is 0. The summed E-state index contributed by atoms with van der Waals surface area (Å²) in [7, 11) is 1.74. The van der Waals surface area contributed by atoms with Gasteiger partial charge in [0.1, 0.15) is 11.8 Å². The fraction of sp³-hybridized carbons (Fsp3) is 0.500. The van der Waals surface area contributed by atoms with Crippen molar-refractivity contribution in [2.45, 2.75) is 25.9 Å². The summed E-state index contributed by atoms with van der Waals surface area (Å²) in [6, 6.07) is 5.24. The average molecular weight is 259 g/mol. The van der Waals surface area contributed by atoms with Gasteiger partial charge >= 0.3 is 0 Å². The zero-order valence-electron chi connectivity index (χ0n) is 11.1. The molecule has 0 aliphatic heterocycles. The quantitative estimate of drug-likeness (QED) is 0.882. The van der Waals surface area contributed by atoms with Gasteiger partial charge < -0.3 is 10.0 Å². The summed E-state index contributed by atoms with van der Waals surface area (Å²) >= 11 is 0. The fourth-order valence-corrected chi connectivity index (χ4v) is 2.31. The number of nitriles is 1. The van der Waals surface area contributed by atoms with E-state index in [2.05, 4.69) is 4.98 Å². The van der Waals surface area contributed by atoms with Crippen molar-refractivity contribution >= 4 is 5.91 Å². The Balaban J connectivity index is 2.02. The molecule has 1 fully saturated rings. The van der Waals surface area contributed by atoms with Gasteiger partial charge in [0.05, 0.1) is 17.4 Å². The number of aromatic nitrogens is 1. The van der Waals surface area contributed by atoms with Crippen molar-refractivity contribution in [3.63, 3.8) is 0 Å². The number of hydrogen-bond donors (Lipinski definition) is 1. The number of hydrogen-bond acceptors (Lipinski definition) is 4. The van der Waals surface area contributed by atoms with Crippen LogP contribution in [-0.4, -0.2) is 40.6 Å². The number of pyridine rings is 1. The molecule has 5 heteroatoms. The van der Waals surface area contributed by atoms with Crippen molar-refractivity contribution in [3.8, 4) is 6.07 Å². The lowest BCUT2D eigenvalue weighted by Gasteiger charge is -2.34. The minimum absolute atomic E-state index is 0.144. The van der Waals surface area contributed by atoms with Crippen LogP contribution in [0.25, 0.3) is 0 Å². The molecular weight excluding hydrogens is 242 g/mol. The third kappa shape index (κ3) is 2.91. The molecule has 2 rings (SSSR count). The van der Waals surface area contributed by atoms with E-state index in [0.29, 0.717) is 29.4 Å². The second kappa shape index (κ2) is 5.37. The van der Waals surface area contributed by atoms with Crippen LogP contribution < -0.4 is 0 Å². The number of amides is 1. The van der Waals surface area contributed by atoms with Crippen LogP contribution in [0.15, 0.2) is 12.1 Å². The molecule has 1 aromatic rings. The monoisotopic (exact) mass is 259 g/mol. The molecule has 0 radical (unpaired) electrons. The standard InChI is InChI=1S/C14H17N3O2/c1-9-11(7-15)3-4-13(16-9)14(19)17(2)8-10-5-12(18)6-10/h3-4,10,12,18H,5-6,8H2,1-2H3. The molecule has 19 heavy (non-hydrogen) atoms. The summed E-state index contributed by atoms with van der Waals surface area (Å²) in [5.41, 5.74) is 1.42. The van der Waals surface area contributed by atoms with Gasteiger partial charge in [0.2, 0.25) is 0 Å². The first kappa shape index (κ1) is 13.5. The largest absolute Gasteiger partial charge is 0.393 e. The van der Waals surface area contributed by atoms with Gasteiger partial charge in [0.25, 0.3) is 5.91 Å². The fourth-order valence-electron chi connectivity index (χ4n) is 2.31. The Labute approximate surface area is 112 Å². The molecule has 1 amide bonds. The molecule has 0 saturated heterocycles. The number of carbonyl (C=O) groups is 1. The number of aliphatic hydroxyl groups is 1. The summed E-state index contributed by atoms with van der Waals surface area (Å²) in [4.78, 5) is 18.0. The highest BCUT2D eigenvalue weighted by molar-refractivity contribution is 5.92. The van der Waals surface area contributed by atoms with Gasteiger partial charge in [0, 0.05) is 13.6 Å². The van der Waals surface area contributed by atoms with Gasteiger partial charge in [-0.05, 0) is 37.8 Å². The lowest BCUT2D eigenvalue weighted by atomic mass is 9.82.